The molecule has 98 valence electrons. The summed E-state index contributed by atoms with van der Waals surface area (Å²) in [5.41, 5.74) is 6.55. The number of aromatic carboxylic acids is 1. The van der Waals surface area contributed by atoms with E-state index in [4.69, 9.17) is 15.6 Å². The summed E-state index contributed by atoms with van der Waals surface area (Å²) in [7, 11) is 0. The molecule has 0 aliphatic carbocycles. The van der Waals surface area contributed by atoms with Gasteiger partial charge in [-0.25, -0.2) is 14.8 Å². The molecule has 0 aliphatic heterocycles. The van der Waals surface area contributed by atoms with E-state index in [2.05, 4.69) is 9.97 Å². The van der Waals surface area contributed by atoms with Gasteiger partial charge in [-0.15, -0.1) is 0 Å². The first-order valence-electron chi connectivity index (χ1n) is 5.60. The van der Waals surface area contributed by atoms with Crippen molar-refractivity contribution in [2.75, 3.05) is 5.73 Å². The second kappa shape index (κ2) is 5.34. The van der Waals surface area contributed by atoms with Crippen molar-refractivity contribution in [2.45, 2.75) is 13.5 Å². The van der Waals surface area contributed by atoms with Crippen LogP contribution in [0.3, 0.4) is 0 Å². The number of carboxylic acids is 1. The number of carbonyl (C=O) groups is 1. The Balaban J connectivity index is 2.06. The Morgan fingerprint density at radius 1 is 1.37 bits per heavy atom. The monoisotopic (exact) mass is 259 g/mol. The zero-order valence-electron chi connectivity index (χ0n) is 10.3. The van der Waals surface area contributed by atoms with Crippen molar-refractivity contribution in [1.82, 2.24) is 9.97 Å². The number of rotatable bonds is 4. The molecule has 0 saturated heterocycles. The van der Waals surface area contributed by atoms with Gasteiger partial charge < -0.3 is 15.6 Å². The van der Waals surface area contributed by atoms with Crippen molar-refractivity contribution in [2.24, 2.45) is 0 Å². The molecule has 0 fully saturated rings. The van der Waals surface area contributed by atoms with Crippen molar-refractivity contribution in [1.29, 1.82) is 0 Å². The highest BCUT2D eigenvalue weighted by molar-refractivity contribution is 5.92. The molecule has 1 aromatic carbocycles. The Morgan fingerprint density at radius 3 is 2.63 bits per heavy atom. The molecule has 6 heteroatoms. The number of nitrogens with two attached hydrogens (primary N) is 1. The van der Waals surface area contributed by atoms with E-state index in [1.54, 1.807) is 0 Å². The Labute approximate surface area is 109 Å². The lowest BCUT2D eigenvalue weighted by molar-refractivity contribution is 0.0697. The molecule has 1 aromatic heterocycles. The van der Waals surface area contributed by atoms with Gasteiger partial charge in [-0.05, 0) is 19.1 Å². The summed E-state index contributed by atoms with van der Waals surface area (Å²) in [4.78, 5) is 18.5. The van der Waals surface area contributed by atoms with Gasteiger partial charge in [0.2, 0.25) is 0 Å². The summed E-state index contributed by atoms with van der Waals surface area (Å²) in [5.74, 6) is -0.188. The SMILES string of the molecule is Cc1ccc(OCc2ncc(C(=O)O)c(N)n2)cc1. The van der Waals surface area contributed by atoms with Crippen LogP contribution < -0.4 is 10.5 Å². The highest BCUT2D eigenvalue weighted by atomic mass is 16.5. The molecule has 0 saturated carbocycles. The third-order valence-electron chi connectivity index (χ3n) is 2.49. The van der Waals surface area contributed by atoms with Crippen LogP contribution in [0.1, 0.15) is 21.7 Å². The van der Waals surface area contributed by atoms with Crippen molar-refractivity contribution in [3.8, 4) is 5.75 Å². The summed E-state index contributed by atoms with van der Waals surface area (Å²) in [6.07, 6.45) is 1.18. The zero-order valence-corrected chi connectivity index (χ0v) is 10.3. The molecule has 0 unspecified atom stereocenters. The van der Waals surface area contributed by atoms with Gasteiger partial charge in [0.25, 0.3) is 0 Å². The molecule has 2 aromatic rings. The number of aryl methyl sites for hydroxylation is 1. The molecule has 19 heavy (non-hydrogen) atoms. The molecule has 1 heterocycles. The first-order valence-corrected chi connectivity index (χ1v) is 5.60. The van der Waals surface area contributed by atoms with E-state index in [0.717, 1.165) is 5.56 Å². The maximum absolute atomic E-state index is 10.8. The van der Waals surface area contributed by atoms with E-state index in [-0.39, 0.29) is 18.0 Å². The maximum atomic E-state index is 10.8. The van der Waals surface area contributed by atoms with E-state index in [0.29, 0.717) is 11.6 Å². The predicted octanol–water partition coefficient (Wildman–Crippen LogP) is 1.64. The van der Waals surface area contributed by atoms with Gasteiger partial charge >= 0.3 is 5.97 Å². The minimum atomic E-state index is -1.15. The van der Waals surface area contributed by atoms with Crippen molar-refractivity contribution < 1.29 is 14.6 Å². The van der Waals surface area contributed by atoms with Gasteiger partial charge in [0.15, 0.2) is 5.82 Å². The average molecular weight is 259 g/mol. The van der Waals surface area contributed by atoms with Gasteiger partial charge in [0.1, 0.15) is 23.7 Å². The van der Waals surface area contributed by atoms with Crippen LogP contribution in [-0.2, 0) is 6.61 Å². The minimum Gasteiger partial charge on any atom is -0.486 e. The summed E-state index contributed by atoms with van der Waals surface area (Å²) in [6, 6.07) is 7.53. The number of nitrogen functional groups attached to an aromatic ring is 1. The van der Waals surface area contributed by atoms with Crippen LogP contribution in [-0.4, -0.2) is 21.0 Å². The molecule has 3 N–H and O–H groups in total. The molecule has 0 amide bonds. The topological polar surface area (TPSA) is 98.3 Å². The smallest absolute Gasteiger partial charge is 0.341 e. The van der Waals surface area contributed by atoms with Gasteiger partial charge in [-0.3, -0.25) is 0 Å². The van der Waals surface area contributed by atoms with Crippen LogP contribution in [0, 0.1) is 6.92 Å². The first-order chi connectivity index (χ1) is 9.06. The fraction of sp³-hybridized carbons (Fsp3) is 0.154. The van der Waals surface area contributed by atoms with E-state index in [1.165, 1.54) is 6.20 Å². The number of ether oxygens (including phenoxy) is 1. The lowest BCUT2D eigenvalue weighted by Crippen LogP contribution is -2.10. The Bertz CT molecular complexity index is 597. The number of aromatic nitrogens is 2. The largest absolute Gasteiger partial charge is 0.486 e. The Morgan fingerprint density at radius 2 is 2.05 bits per heavy atom. The molecule has 2 rings (SSSR count). The summed E-state index contributed by atoms with van der Waals surface area (Å²) < 4.78 is 5.47. The van der Waals surface area contributed by atoms with E-state index in [1.807, 2.05) is 31.2 Å². The predicted molar refractivity (Wildman–Crippen MR) is 68.9 cm³/mol. The molecule has 0 aliphatic rings. The van der Waals surface area contributed by atoms with E-state index in [9.17, 15) is 4.79 Å². The Hall–Kier alpha value is -2.63. The number of hydrogen-bond acceptors (Lipinski definition) is 5. The van der Waals surface area contributed by atoms with Crippen LogP contribution >= 0.6 is 0 Å². The summed E-state index contributed by atoms with van der Waals surface area (Å²) in [5, 5.41) is 8.80. The summed E-state index contributed by atoms with van der Waals surface area (Å²) >= 11 is 0. The van der Waals surface area contributed by atoms with Crippen LogP contribution in [0.5, 0.6) is 5.75 Å². The van der Waals surface area contributed by atoms with Crippen molar-refractivity contribution in [3.63, 3.8) is 0 Å². The van der Waals surface area contributed by atoms with Crippen LogP contribution in [0.4, 0.5) is 5.82 Å². The molecule has 0 atom stereocenters. The van der Waals surface area contributed by atoms with E-state index < -0.39 is 5.97 Å². The number of benzene rings is 1. The quantitative estimate of drug-likeness (QED) is 0.866. The average Bonchev–Trinajstić information content (AvgIpc) is 2.37. The highest BCUT2D eigenvalue weighted by Crippen LogP contribution is 2.13. The maximum Gasteiger partial charge on any atom is 0.341 e. The normalized spacial score (nSPS) is 10.2. The van der Waals surface area contributed by atoms with Crippen molar-refractivity contribution >= 4 is 11.8 Å². The molecule has 0 spiro atoms. The van der Waals surface area contributed by atoms with Crippen LogP contribution in [0.2, 0.25) is 0 Å². The third-order valence-corrected chi connectivity index (χ3v) is 2.49. The molecule has 6 nitrogen and oxygen atoms in total. The second-order valence-corrected chi connectivity index (χ2v) is 3.99. The number of anilines is 1. The zero-order chi connectivity index (χ0) is 13.8. The molecule has 0 bridgehead atoms. The summed E-state index contributed by atoms with van der Waals surface area (Å²) in [6.45, 7) is 2.12. The number of nitrogens with zero attached hydrogens (tertiary/aromatic N) is 2. The van der Waals surface area contributed by atoms with E-state index >= 15 is 0 Å². The van der Waals surface area contributed by atoms with Gasteiger partial charge in [0, 0.05) is 6.20 Å². The highest BCUT2D eigenvalue weighted by Gasteiger charge is 2.10. The van der Waals surface area contributed by atoms with Gasteiger partial charge in [0.05, 0.1) is 0 Å². The lowest BCUT2D eigenvalue weighted by atomic mass is 10.2. The Kier molecular flexibility index (Phi) is 3.61. The van der Waals surface area contributed by atoms with Crippen molar-refractivity contribution in [3.05, 3.63) is 47.4 Å². The molecular weight excluding hydrogens is 246 g/mol. The second-order valence-electron chi connectivity index (χ2n) is 3.99. The van der Waals surface area contributed by atoms with Crippen LogP contribution in [0.25, 0.3) is 0 Å². The standard InChI is InChI=1S/C13H13N3O3/c1-8-2-4-9(5-3-8)19-7-11-15-6-10(13(17)18)12(14)16-11/h2-6H,7H2,1H3,(H,17,18)(H2,14,15,16). The third kappa shape index (κ3) is 3.19. The minimum absolute atomic E-state index is 0.0648. The van der Waals surface area contributed by atoms with Gasteiger partial charge in [-0.2, -0.15) is 0 Å². The fourth-order valence-electron chi connectivity index (χ4n) is 1.45. The molecule has 0 radical (unpaired) electrons. The first kappa shape index (κ1) is 12.8. The lowest BCUT2D eigenvalue weighted by Gasteiger charge is -2.06. The fourth-order valence-corrected chi connectivity index (χ4v) is 1.45. The number of carboxylic acid groups (broad SMARTS) is 1. The number of hydrogen-bond donors (Lipinski definition) is 2. The van der Waals surface area contributed by atoms with Crippen LogP contribution in [0.15, 0.2) is 30.5 Å². The molecular formula is C13H13N3O3. The van der Waals surface area contributed by atoms with Gasteiger partial charge in [-0.1, -0.05) is 17.7 Å².